The second kappa shape index (κ2) is 6.06. The zero-order chi connectivity index (χ0) is 13.8. The molecule has 0 aliphatic carbocycles. The molecule has 19 heavy (non-hydrogen) atoms. The van der Waals surface area contributed by atoms with Crippen LogP contribution in [-0.2, 0) is 9.59 Å². The van der Waals surface area contributed by atoms with Gasteiger partial charge >= 0.3 is 11.8 Å². The van der Waals surface area contributed by atoms with Gasteiger partial charge in [0, 0.05) is 30.3 Å². The average molecular weight is 279 g/mol. The highest BCUT2D eigenvalue weighted by molar-refractivity contribution is 7.99. The van der Waals surface area contributed by atoms with E-state index < -0.39 is 11.8 Å². The summed E-state index contributed by atoms with van der Waals surface area (Å²) in [4.78, 5) is 29.5. The molecule has 2 rings (SSSR count). The summed E-state index contributed by atoms with van der Waals surface area (Å²) in [5, 5.41) is 2.91. The molecular formula is C13H17N3O2S. The summed E-state index contributed by atoms with van der Waals surface area (Å²) in [5.74, 6) is 0.191. The summed E-state index contributed by atoms with van der Waals surface area (Å²) in [6.45, 7) is 5.22. The van der Waals surface area contributed by atoms with Gasteiger partial charge in [0.1, 0.15) is 5.82 Å². The third-order valence-corrected chi connectivity index (χ3v) is 4.01. The Morgan fingerprint density at radius 2 is 2.26 bits per heavy atom. The van der Waals surface area contributed by atoms with Crippen molar-refractivity contribution in [3.8, 4) is 0 Å². The Hall–Kier alpha value is -1.56. The van der Waals surface area contributed by atoms with Crippen molar-refractivity contribution in [1.82, 2.24) is 9.88 Å². The summed E-state index contributed by atoms with van der Waals surface area (Å²) in [6, 6.07) is 3.53. The molecule has 2 heterocycles. The highest BCUT2D eigenvalue weighted by Gasteiger charge is 2.26. The van der Waals surface area contributed by atoms with Crippen molar-refractivity contribution in [2.75, 3.05) is 24.2 Å². The molecule has 1 atom stereocenters. The normalized spacial score (nSPS) is 19.1. The van der Waals surface area contributed by atoms with Gasteiger partial charge in [-0.15, -0.1) is 0 Å². The maximum atomic E-state index is 12.0. The maximum Gasteiger partial charge on any atom is 0.315 e. The molecule has 1 saturated heterocycles. The molecule has 0 spiro atoms. The van der Waals surface area contributed by atoms with E-state index in [1.165, 1.54) is 0 Å². The Kier molecular flexibility index (Phi) is 4.42. The minimum absolute atomic E-state index is 0.378. The van der Waals surface area contributed by atoms with E-state index in [2.05, 4.69) is 17.2 Å². The SMILES string of the molecule is Cc1ccc(NC(=O)C(=O)N2CCSC(C)C2)nc1. The van der Waals surface area contributed by atoms with Gasteiger partial charge in [-0.2, -0.15) is 11.8 Å². The van der Waals surface area contributed by atoms with E-state index in [-0.39, 0.29) is 0 Å². The number of thioether (sulfide) groups is 1. The minimum atomic E-state index is -0.615. The third kappa shape index (κ3) is 3.70. The van der Waals surface area contributed by atoms with Gasteiger partial charge in [-0.3, -0.25) is 9.59 Å². The molecule has 6 heteroatoms. The van der Waals surface area contributed by atoms with Crippen LogP contribution in [0, 0.1) is 6.92 Å². The van der Waals surface area contributed by atoms with Crippen molar-refractivity contribution in [1.29, 1.82) is 0 Å². The number of aromatic nitrogens is 1. The summed E-state index contributed by atoms with van der Waals surface area (Å²) >= 11 is 1.82. The van der Waals surface area contributed by atoms with E-state index in [9.17, 15) is 9.59 Å². The fourth-order valence-electron chi connectivity index (χ4n) is 1.86. The Balaban J connectivity index is 1.95. The molecule has 5 nitrogen and oxygen atoms in total. The maximum absolute atomic E-state index is 12.0. The number of carbonyl (C=O) groups is 2. The van der Waals surface area contributed by atoms with Crippen LogP contribution in [0.4, 0.5) is 5.82 Å². The van der Waals surface area contributed by atoms with Crippen LogP contribution in [-0.4, -0.2) is 45.8 Å². The smallest absolute Gasteiger partial charge is 0.315 e. The molecule has 2 amide bonds. The van der Waals surface area contributed by atoms with Gasteiger partial charge in [0.2, 0.25) is 0 Å². The fraction of sp³-hybridized carbons (Fsp3) is 0.462. The number of anilines is 1. The average Bonchev–Trinajstić information content (AvgIpc) is 2.40. The molecular weight excluding hydrogens is 262 g/mol. The van der Waals surface area contributed by atoms with Crippen LogP contribution in [0.1, 0.15) is 12.5 Å². The number of amides is 2. The molecule has 1 fully saturated rings. The molecule has 1 unspecified atom stereocenters. The zero-order valence-electron chi connectivity index (χ0n) is 11.0. The van der Waals surface area contributed by atoms with Crippen molar-refractivity contribution in [3.63, 3.8) is 0 Å². The number of nitrogens with zero attached hydrogens (tertiary/aromatic N) is 2. The van der Waals surface area contributed by atoms with E-state index in [0.717, 1.165) is 11.3 Å². The van der Waals surface area contributed by atoms with Crippen LogP contribution in [0.5, 0.6) is 0 Å². The minimum Gasteiger partial charge on any atom is -0.333 e. The quantitative estimate of drug-likeness (QED) is 0.787. The summed E-state index contributed by atoms with van der Waals surface area (Å²) < 4.78 is 0. The van der Waals surface area contributed by atoms with Gasteiger partial charge in [0.05, 0.1) is 0 Å². The van der Waals surface area contributed by atoms with Gasteiger partial charge in [-0.25, -0.2) is 4.98 Å². The number of hydrogen-bond acceptors (Lipinski definition) is 4. The first-order valence-corrected chi connectivity index (χ1v) is 7.25. The summed E-state index contributed by atoms with van der Waals surface area (Å²) in [7, 11) is 0. The van der Waals surface area contributed by atoms with Crippen LogP contribution in [0.15, 0.2) is 18.3 Å². The van der Waals surface area contributed by atoms with Crippen LogP contribution in [0.25, 0.3) is 0 Å². The third-order valence-electron chi connectivity index (χ3n) is 2.88. The number of pyridine rings is 1. The van der Waals surface area contributed by atoms with E-state index >= 15 is 0 Å². The van der Waals surface area contributed by atoms with E-state index in [1.807, 2.05) is 24.8 Å². The lowest BCUT2D eigenvalue weighted by molar-refractivity contribution is -0.143. The molecule has 1 aliphatic rings. The number of hydrogen-bond donors (Lipinski definition) is 1. The number of nitrogens with one attached hydrogen (secondary N) is 1. The van der Waals surface area contributed by atoms with Crippen molar-refractivity contribution in [2.45, 2.75) is 19.1 Å². The zero-order valence-corrected chi connectivity index (χ0v) is 11.9. The molecule has 1 aliphatic heterocycles. The van der Waals surface area contributed by atoms with Crippen LogP contribution in [0.2, 0.25) is 0 Å². The van der Waals surface area contributed by atoms with E-state index in [0.29, 0.717) is 24.2 Å². The Labute approximate surface area is 116 Å². The number of rotatable bonds is 1. The molecule has 0 aromatic carbocycles. The lowest BCUT2D eigenvalue weighted by Crippen LogP contribution is -2.46. The standard InChI is InChI=1S/C13H17N3O2S/c1-9-3-4-11(14-7-9)15-12(17)13(18)16-5-6-19-10(2)8-16/h3-4,7,10H,5-6,8H2,1-2H3,(H,14,15,17). The highest BCUT2D eigenvalue weighted by Crippen LogP contribution is 2.17. The highest BCUT2D eigenvalue weighted by atomic mass is 32.2. The van der Waals surface area contributed by atoms with Crippen LogP contribution in [0.3, 0.4) is 0 Å². The first-order valence-electron chi connectivity index (χ1n) is 6.21. The fourth-order valence-corrected chi connectivity index (χ4v) is 2.87. The largest absolute Gasteiger partial charge is 0.333 e. The number of aryl methyl sites for hydroxylation is 1. The predicted molar refractivity (Wildman–Crippen MR) is 76.1 cm³/mol. The van der Waals surface area contributed by atoms with Crippen molar-refractivity contribution < 1.29 is 9.59 Å². The van der Waals surface area contributed by atoms with E-state index in [4.69, 9.17) is 0 Å². The van der Waals surface area contributed by atoms with Crippen LogP contribution >= 0.6 is 11.8 Å². The molecule has 0 saturated carbocycles. The van der Waals surface area contributed by atoms with E-state index in [1.54, 1.807) is 17.2 Å². The van der Waals surface area contributed by atoms with Gasteiger partial charge < -0.3 is 10.2 Å². The molecule has 0 radical (unpaired) electrons. The molecule has 0 bridgehead atoms. The lowest BCUT2D eigenvalue weighted by atomic mass is 10.3. The van der Waals surface area contributed by atoms with Gasteiger partial charge in [-0.1, -0.05) is 13.0 Å². The first kappa shape index (κ1) is 13.9. The first-order chi connectivity index (χ1) is 9.06. The Bertz CT molecular complexity index is 475. The summed E-state index contributed by atoms with van der Waals surface area (Å²) in [5.41, 5.74) is 1.01. The Morgan fingerprint density at radius 1 is 1.47 bits per heavy atom. The molecule has 1 aromatic rings. The van der Waals surface area contributed by atoms with Gasteiger partial charge in [0.15, 0.2) is 0 Å². The topological polar surface area (TPSA) is 62.3 Å². The summed E-state index contributed by atoms with van der Waals surface area (Å²) in [6.07, 6.45) is 1.65. The van der Waals surface area contributed by atoms with Gasteiger partial charge in [0.25, 0.3) is 0 Å². The second-order valence-electron chi connectivity index (χ2n) is 4.61. The van der Waals surface area contributed by atoms with Crippen molar-refractivity contribution in [3.05, 3.63) is 23.9 Å². The van der Waals surface area contributed by atoms with Gasteiger partial charge in [-0.05, 0) is 18.6 Å². The lowest BCUT2D eigenvalue weighted by Gasteiger charge is -2.29. The van der Waals surface area contributed by atoms with Crippen molar-refractivity contribution >= 4 is 29.4 Å². The van der Waals surface area contributed by atoms with Crippen molar-refractivity contribution in [2.24, 2.45) is 0 Å². The molecule has 1 N–H and O–H groups in total. The Morgan fingerprint density at radius 3 is 2.89 bits per heavy atom. The monoisotopic (exact) mass is 279 g/mol. The second-order valence-corrected chi connectivity index (χ2v) is 6.15. The predicted octanol–water partition coefficient (Wildman–Crippen LogP) is 1.29. The molecule has 1 aromatic heterocycles. The molecule has 102 valence electrons. The van der Waals surface area contributed by atoms with Crippen LogP contribution < -0.4 is 5.32 Å². The number of carbonyl (C=O) groups excluding carboxylic acids is 2.